The minimum Gasteiger partial charge on any atom is -0.345 e. The van der Waals surface area contributed by atoms with Crippen molar-refractivity contribution in [1.29, 1.82) is 0 Å². The lowest BCUT2D eigenvalue weighted by atomic mass is 10.4. The Hall–Kier alpha value is -2.18. The second-order valence-electron chi connectivity index (χ2n) is 4.24. The van der Waals surface area contributed by atoms with E-state index in [1.807, 2.05) is 34.9 Å². The number of rotatable bonds is 4. The maximum atomic E-state index is 11.8. The number of carbonyl (C=O) groups excluding carboxylic acids is 1. The monoisotopic (exact) mass is 318 g/mol. The number of nitrogens with zero attached hydrogens (tertiary/aromatic N) is 3. The quantitative estimate of drug-likeness (QED) is 0.752. The maximum absolute atomic E-state index is 11.8. The molecule has 0 spiro atoms. The minimum absolute atomic E-state index is 0.188. The summed E-state index contributed by atoms with van der Waals surface area (Å²) in [5.41, 5.74) is 0.755. The van der Waals surface area contributed by atoms with E-state index in [-0.39, 0.29) is 5.91 Å². The van der Waals surface area contributed by atoms with Crippen molar-refractivity contribution in [2.75, 3.05) is 0 Å². The molecule has 106 valence electrons. The number of fused-ring (bicyclic) bond motifs is 1. The number of aromatic nitrogens is 3. The van der Waals surface area contributed by atoms with Crippen molar-refractivity contribution in [2.24, 2.45) is 0 Å². The number of halogens is 1. The van der Waals surface area contributed by atoms with Crippen LogP contribution in [-0.4, -0.2) is 20.5 Å². The molecule has 5 nitrogen and oxygen atoms in total. The minimum atomic E-state index is -0.188. The van der Waals surface area contributed by atoms with Crippen molar-refractivity contribution in [2.45, 2.75) is 6.54 Å². The Bertz CT molecular complexity index is 808. The molecule has 3 aromatic heterocycles. The van der Waals surface area contributed by atoms with Crippen molar-refractivity contribution >= 4 is 40.6 Å². The number of hydrogen-bond acceptors (Lipinski definition) is 4. The van der Waals surface area contributed by atoms with E-state index < -0.39 is 0 Å². The Morgan fingerprint density at radius 3 is 3.05 bits per heavy atom. The first-order valence-corrected chi connectivity index (χ1v) is 7.42. The first-order chi connectivity index (χ1) is 10.2. The van der Waals surface area contributed by atoms with E-state index in [4.69, 9.17) is 11.6 Å². The number of hydrogen-bond donors (Lipinski definition) is 1. The lowest BCUT2D eigenvalue weighted by Gasteiger charge is -2.00. The topological polar surface area (TPSA) is 59.3 Å². The van der Waals surface area contributed by atoms with Crippen LogP contribution in [-0.2, 0) is 11.3 Å². The highest BCUT2D eigenvalue weighted by Crippen LogP contribution is 2.22. The van der Waals surface area contributed by atoms with E-state index in [1.165, 1.54) is 17.4 Å². The van der Waals surface area contributed by atoms with E-state index in [0.29, 0.717) is 16.7 Å². The molecule has 3 heterocycles. The standard InChI is InChI=1S/C14H11ClN4OS/c15-11-6-4-10(21-11)5-7-14(20)16-9-13-18-17-12-3-1-2-8-19(12)13/h1-8H,9H2,(H,16,20)/b7-5+. The third-order valence-corrected chi connectivity index (χ3v) is 3.99. The molecule has 0 radical (unpaired) electrons. The van der Waals surface area contributed by atoms with Gasteiger partial charge in [-0.2, -0.15) is 0 Å². The molecular weight excluding hydrogens is 308 g/mol. The lowest BCUT2D eigenvalue weighted by Crippen LogP contribution is -2.21. The summed E-state index contributed by atoms with van der Waals surface area (Å²) < 4.78 is 2.54. The molecule has 0 saturated heterocycles. The maximum Gasteiger partial charge on any atom is 0.244 e. The van der Waals surface area contributed by atoms with Gasteiger partial charge in [0.05, 0.1) is 10.9 Å². The molecule has 3 aromatic rings. The van der Waals surface area contributed by atoms with Gasteiger partial charge in [0.15, 0.2) is 11.5 Å². The predicted octanol–water partition coefficient (Wildman–Crippen LogP) is 2.77. The zero-order valence-electron chi connectivity index (χ0n) is 10.9. The van der Waals surface area contributed by atoms with Gasteiger partial charge in [0.1, 0.15) is 0 Å². The molecule has 0 fully saturated rings. The largest absolute Gasteiger partial charge is 0.345 e. The molecule has 0 aliphatic carbocycles. The zero-order valence-corrected chi connectivity index (χ0v) is 12.4. The van der Waals surface area contributed by atoms with Gasteiger partial charge in [-0.25, -0.2) is 0 Å². The molecule has 0 aromatic carbocycles. The number of carbonyl (C=O) groups is 1. The Morgan fingerprint density at radius 1 is 1.33 bits per heavy atom. The SMILES string of the molecule is O=C(/C=C/c1ccc(Cl)s1)NCc1nnc2ccccn12. The van der Waals surface area contributed by atoms with Crippen molar-refractivity contribution in [3.63, 3.8) is 0 Å². The number of nitrogens with one attached hydrogen (secondary N) is 1. The molecule has 3 rings (SSSR count). The normalized spacial score (nSPS) is 11.3. The highest BCUT2D eigenvalue weighted by molar-refractivity contribution is 7.17. The zero-order chi connectivity index (χ0) is 14.7. The van der Waals surface area contributed by atoms with Crippen LogP contribution in [0.25, 0.3) is 11.7 Å². The first-order valence-electron chi connectivity index (χ1n) is 6.22. The fourth-order valence-electron chi connectivity index (χ4n) is 1.81. The highest BCUT2D eigenvalue weighted by Gasteiger charge is 2.05. The van der Waals surface area contributed by atoms with Crippen molar-refractivity contribution in [1.82, 2.24) is 19.9 Å². The average molecular weight is 319 g/mol. The van der Waals surface area contributed by atoms with Crippen LogP contribution in [0.4, 0.5) is 0 Å². The summed E-state index contributed by atoms with van der Waals surface area (Å²) in [6.45, 7) is 0.319. The molecular formula is C14H11ClN4OS. The Morgan fingerprint density at radius 2 is 2.24 bits per heavy atom. The second kappa shape index (κ2) is 6.07. The van der Waals surface area contributed by atoms with Crippen molar-refractivity contribution < 1.29 is 4.79 Å². The van der Waals surface area contributed by atoms with Crippen LogP contribution < -0.4 is 5.32 Å². The Kier molecular flexibility index (Phi) is 3.98. The molecule has 7 heteroatoms. The average Bonchev–Trinajstić information content (AvgIpc) is 3.09. The van der Waals surface area contributed by atoms with Gasteiger partial charge in [-0.1, -0.05) is 17.7 Å². The fraction of sp³-hybridized carbons (Fsp3) is 0.0714. The third-order valence-electron chi connectivity index (χ3n) is 2.80. The van der Waals surface area contributed by atoms with Crippen LogP contribution in [0.2, 0.25) is 4.34 Å². The lowest BCUT2D eigenvalue weighted by molar-refractivity contribution is -0.116. The van der Waals surface area contributed by atoms with Crippen LogP contribution in [0.5, 0.6) is 0 Å². The number of amides is 1. The summed E-state index contributed by atoms with van der Waals surface area (Å²) in [6.07, 6.45) is 5.07. The van der Waals surface area contributed by atoms with Gasteiger partial charge in [0.25, 0.3) is 0 Å². The Labute approximate surface area is 129 Å². The molecule has 0 saturated carbocycles. The molecule has 0 unspecified atom stereocenters. The molecule has 1 amide bonds. The molecule has 0 aliphatic rings. The summed E-state index contributed by atoms with van der Waals surface area (Å²) in [5.74, 6) is 0.499. The van der Waals surface area contributed by atoms with Crippen LogP contribution in [0.1, 0.15) is 10.7 Å². The van der Waals surface area contributed by atoms with E-state index in [9.17, 15) is 4.79 Å². The van der Waals surface area contributed by atoms with Gasteiger partial charge < -0.3 is 5.32 Å². The van der Waals surface area contributed by atoms with Crippen LogP contribution in [0.3, 0.4) is 0 Å². The molecule has 21 heavy (non-hydrogen) atoms. The van der Waals surface area contributed by atoms with E-state index >= 15 is 0 Å². The van der Waals surface area contributed by atoms with Crippen molar-refractivity contribution in [3.8, 4) is 0 Å². The van der Waals surface area contributed by atoms with Crippen LogP contribution in [0.15, 0.2) is 42.6 Å². The summed E-state index contributed by atoms with van der Waals surface area (Å²) in [5, 5.41) is 10.8. The summed E-state index contributed by atoms with van der Waals surface area (Å²) in [7, 11) is 0. The van der Waals surface area contributed by atoms with E-state index in [0.717, 1.165) is 10.5 Å². The van der Waals surface area contributed by atoms with Crippen LogP contribution >= 0.6 is 22.9 Å². The van der Waals surface area contributed by atoms with E-state index in [1.54, 1.807) is 12.1 Å². The molecule has 0 bridgehead atoms. The first kappa shape index (κ1) is 13.8. The van der Waals surface area contributed by atoms with Gasteiger partial charge >= 0.3 is 0 Å². The fourth-order valence-corrected chi connectivity index (χ4v) is 2.78. The smallest absolute Gasteiger partial charge is 0.244 e. The van der Waals surface area contributed by atoms with Gasteiger partial charge in [-0.3, -0.25) is 9.20 Å². The van der Waals surface area contributed by atoms with Gasteiger partial charge in [0, 0.05) is 17.2 Å². The second-order valence-corrected chi connectivity index (χ2v) is 5.98. The van der Waals surface area contributed by atoms with Crippen molar-refractivity contribution in [3.05, 3.63) is 57.6 Å². The predicted molar refractivity (Wildman–Crippen MR) is 83.2 cm³/mol. The Balaban J connectivity index is 1.62. The van der Waals surface area contributed by atoms with Crippen LogP contribution in [0, 0.1) is 0 Å². The summed E-state index contributed by atoms with van der Waals surface area (Å²) in [6, 6.07) is 9.30. The number of pyridine rings is 1. The highest BCUT2D eigenvalue weighted by atomic mass is 35.5. The summed E-state index contributed by atoms with van der Waals surface area (Å²) >= 11 is 7.25. The van der Waals surface area contributed by atoms with E-state index in [2.05, 4.69) is 15.5 Å². The van der Waals surface area contributed by atoms with Gasteiger partial charge in [-0.15, -0.1) is 21.5 Å². The van der Waals surface area contributed by atoms with Gasteiger partial charge in [-0.05, 0) is 30.3 Å². The molecule has 1 N–H and O–H groups in total. The third kappa shape index (κ3) is 3.29. The molecule has 0 aliphatic heterocycles. The van der Waals surface area contributed by atoms with Gasteiger partial charge in [0.2, 0.25) is 5.91 Å². The molecule has 0 atom stereocenters. The summed E-state index contributed by atoms with van der Waals surface area (Å²) in [4.78, 5) is 12.7. The number of thiophene rings is 1.